The van der Waals surface area contributed by atoms with Crippen molar-refractivity contribution in [1.82, 2.24) is 19.2 Å². The largest absolute Gasteiger partial charge is 0.322 e. The molecule has 0 saturated heterocycles. The zero-order valence-electron chi connectivity index (χ0n) is 20.0. The lowest BCUT2D eigenvalue weighted by Crippen LogP contribution is -2.38. The van der Waals surface area contributed by atoms with Gasteiger partial charge < -0.3 is 14.8 Å². The molecule has 3 aromatic carbocycles. The van der Waals surface area contributed by atoms with Gasteiger partial charge in [-0.15, -0.1) is 0 Å². The van der Waals surface area contributed by atoms with Crippen LogP contribution in [0.15, 0.2) is 97.2 Å². The molecule has 0 fully saturated rings. The Morgan fingerprint density at radius 1 is 0.919 bits per heavy atom. The number of benzene rings is 3. The van der Waals surface area contributed by atoms with E-state index in [1.165, 1.54) is 30.3 Å². The predicted molar refractivity (Wildman–Crippen MR) is 137 cm³/mol. The molecule has 184 valence electrons. The Labute approximate surface area is 212 Å². The van der Waals surface area contributed by atoms with Crippen molar-refractivity contribution >= 4 is 11.7 Å². The number of urea groups is 1. The molecule has 8 heteroatoms. The highest BCUT2D eigenvalue weighted by Gasteiger charge is 2.36. The highest BCUT2D eigenvalue weighted by molar-refractivity contribution is 5.90. The lowest BCUT2D eigenvalue weighted by Gasteiger charge is -2.31. The molecule has 6 rings (SSSR count). The topological polar surface area (TPSA) is 55.1 Å². The monoisotopic (exact) mass is 495 g/mol. The molecule has 1 unspecified atom stereocenters. The maximum Gasteiger partial charge on any atom is 0.322 e. The number of aromatic nitrogens is 3. The predicted octanol–water partition coefficient (Wildman–Crippen LogP) is 6.39. The number of carbonyl (C=O) groups is 1. The van der Waals surface area contributed by atoms with Crippen LogP contribution in [0, 0.1) is 18.6 Å². The molecule has 0 bridgehead atoms. The molecule has 1 N–H and O–H groups in total. The highest BCUT2D eigenvalue weighted by Crippen LogP contribution is 2.38. The normalized spacial score (nSPS) is 14.6. The third kappa shape index (κ3) is 4.06. The number of rotatable bonds is 3. The number of hydrogen-bond acceptors (Lipinski definition) is 2. The van der Waals surface area contributed by atoms with Gasteiger partial charge in [-0.25, -0.2) is 18.3 Å². The number of carbonyl (C=O) groups excluding carboxylic acids is 1. The van der Waals surface area contributed by atoms with Gasteiger partial charge in [-0.3, -0.25) is 0 Å². The van der Waals surface area contributed by atoms with Crippen molar-refractivity contribution in [2.75, 3.05) is 5.32 Å². The molecule has 2 amide bonds. The Kier molecular flexibility index (Phi) is 5.56. The summed E-state index contributed by atoms with van der Waals surface area (Å²) in [4.78, 5) is 15.4. The first-order chi connectivity index (χ1) is 18.0. The second-order valence-electron chi connectivity index (χ2n) is 8.96. The minimum Gasteiger partial charge on any atom is -0.308 e. The van der Waals surface area contributed by atoms with Gasteiger partial charge in [0.25, 0.3) is 0 Å². The van der Waals surface area contributed by atoms with Crippen molar-refractivity contribution in [2.24, 2.45) is 0 Å². The van der Waals surface area contributed by atoms with Gasteiger partial charge in [-0.2, -0.15) is 5.10 Å². The van der Waals surface area contributed by atoms with Crippen LogP contribution in [0.5, 0.6) is 0 Å². The van der Waals surface area contributed by atoms with Crippen LogP contribution in [-0.2, 0) is 6.54 Å². The summed E-state index contributed by atoms with van der Waals surface area (Å²) in [5, 5.41) is 7.63. The molecule has 1 atom stereocenters. The van der Waals surface area contributed by atoms with E-state index in [0.717, 1.165) is 28.5 Å². The van der Waals surface area contributed by atoms with Gasteiger partial charge >= 0.3 is 6.03 Å². The van der Waals surface area contributed by atoms with Crippen LogP contribution in [0.25, 0.3) is 11.5 Å². The molecular weight excluding hydrogens is 472 g/mol. The summed E-state index contributed by atoms with van der Waals surface area (Å²) in [6.45, 7) is 2.12. The van der Waals surface area contributed by atoms with Gasteiger partial charge in [0.1, 0.15) is 17.5 Å². The van der Waals surface area contributed by atoms with Gasteiger partial charge in [0.05, 0.1) is 29.7 Å². The van der Waals surface area contributed by atoms with Crippen LogP contribution in [0.1, 0.15) is 28.6 Å². The molecule has 0 saturated carbocycles. The van der Waals surface area contributed by atoms with Crippen LogP contribution >= 0.6 is 0 Å². The fraction of sp³-hybridized carbons (Fsp3) is 0.103. The summed E-state index contributed by atoms with van der Waals surface area (Å²) in [7, 11) is 0. The van der Waals surface area contributed by atoms with Crippen LogP contribution in [0.3, 0.4) is 0 Å². The van der Waals surface area contributed by atoms with Crippen molar-refractivity contribution in [3.8, 4) is 11.5 Å². The molecule has 2 aromatic heterocycles. The maximum absolute atomic E-state index is 14.4. The van der Waals surface area contributed by atoms with Crippen molar-refractivity contribution in [3.05, 3.63) is 131 Å². The van der Waals surface area contributed by atoms with E-state index in [9.17, 15) is 13.6 Å². The number of halogens is 2. The van der Waals surface area contributed by atoms with E-state index in [0.29, 0.717) is 11.3 Å². The molecule has 1 aliphatic rings. The summed E-state index contributed by atoms with van der Waals surface area (Å²) < 4.78 is 32.1. The molecule has 3 heterocycles. The zero-order valence-corrected chi connectivity index (χ0v) is 20.0. The number of hydrogen-bond donors (Lipinski definition) is 1. The van der Waals surface area contributed by atoms with Gasteiger partial charge in [-0.1, -0.05) is 36.4 Å². The second-order valence-corrected chi connectivity index (χ2v) is 8.96. The zero-order chi connectivity index (χ0) is 25.5. The van der Waals surface area contributed by atoms with Crippen LogP contribution in [-0.4, -0.2) is 25.3 Å². The average Bonchev–Trinajstić information content (AvgIpc) is 3.45. The molecular formula is C29H23F2N5O. The smallest absolute Gasteiger partial charge is 0.308 e. The SMILES string of the molecule is Cc1nn(-c2ccccc2)c2c1CN(C(=O)Nc1cccc(F)c1)C(c1cccc(F)c1)c1cccn1-2. The summed E-state index contributed by atoms with van der Waals surface area (Å²) in [5.41, 5.74) is 4.23. The van der Waals surface area contributed by atoms with E-state index < -0.39 is 23.7 Å². The van der Waals surface area contributed by atoms with E-state index in [4.69, 9.17) is 5.10 Å². The minimum atomic E-state index is -0.615. The quantitative estimate of drug-likeness (QED) is 0.316. The first-order valence-electron chi connectivity index (χ1n) is 11.9. The van der Waals surface area contributed by atoms with Crippen LogP contribution in [0.4, 0.5) is 19.3 Å². The number of para-hydroxylation sites is 1. The van der Waals surface area contributed by atoms with Crippen LogP contribution < -0.4 is 5.32 Å². The standard InChI is InChI=1S/C29H23F2N5O/c1-19-25-18-35(29(37)32-23-11-6-10-22(31)17-23)27(20-8-5-9-21(30)16-20)26-14-7-15-34(26)28(25)36(33-19)24-12-3-2-4-13-24/h2-17,27H,18H2,1H3,(H,32,37). The lowest BCUT2D eigenvalue weighted by molar-refractivity contribution is 0.194. The van der Waals surface area contributed by atoms with E-state index in [1.54, 1.807) is 23.1 Å². The molecule has 1 aliphatic heterocycles. The number of anilines is 1. The van der Waals surface area contributed by atoms with E-state index in [1.807, 2.05) is 64.8 Å². The number of nitrogens with zero attached hydrogens (tertiary/aromatic N) is 4. The Bertz CT molecular complexity index is 1610. The number of amides is 2. The molecule has 6 nitrogen and oxygen atoms in total. The van der Waals surface area contributed by atoms with Gasteiger partial charge in [0, 0.05) is 17.4 Å². The molecule has 5 aromatic rings. The Hall–Kier alpha value is -4.72. The van der Waals surface area contributed by atoms with E-state index >= 15 is 0 Å². The van der Waals surface area contributed by atoms with Crippen molar-refractivity contribution in [1.29, 1.82) is 0 Å². The van der Waals surface area contributed by atoms with E-state index in [-0.39, 0.29) is 6.54 Å². The fourth-order valence-electron chi connectivity index (χ4n) is 4.94. The maximum atomic E-state index is 14.4. The first-order valence-corrected chi connectivity index (χ1v) is 11.9. The molecule has 0 radical (unpaired) electrons. The first kappa shape index (κ1) is 22.7. The fourth-order valence-corrected chi connectivity index (χ4v) is 4.94. The van der Waals surface area contributed by atoms with Crippen LogP contribution in [0.2, 0.25) is 0 Å². The Morgan fingerprint density at radius 3 is 2.43 bits per heavy atom. The number of fused-ring (bicyclic) bond motifs is 3. The van der Waals surface area contributed by atoms with Gasteiger partial charge in [0.2, 0.25) is 0 Å². The summed E-state index contributed by atoms with van der Waals surface area (Å²) in [6.07, 6.45) is 1.93. The average molecular weight is 496 g/mol. The van der Waals surface area contributed by atoms with Gasteiger partial charge in [0.15, 0.2) is 0 Å². The third-order valence-corrected chi connectivity index (χ3v) is 6.59. The lowest BCUT2D eigenvalue weighted by atomic mass is 10.0. The Balaban J connectivity index is 1.54. The number of aryl methyl sites for hydroxylation is 1. The molecule has 0 aliphatic carbocycles. The van der Waals surface area contributed by atoms with Gasteiger partial charge in [-0.05, 0) is 67.1 Å². The summed E-state index contributed by atoms with van der Waals surface area (Å²) in [6, 6.07) is 24.5. The van der Waals surface area contributed by atoms with E-state index in [2.05, 4.69) is 5.32 Å². The summed E-state index contributed by atoms with van der Waals surface area (Å²) >= 11 is 0. The highest BCUT2D eigenvalue weighted by atomic mass is 19.1. The third-order valence-electron chi connectivity index (χ3n) is 6.59. The van der Waals surface area contributed by atoms with Crippen molar-refractivity contribution in [3.63, 3.8) is 0 Å². The Morgan fingerprint density at radius 2 is 1.68 bits per heavy atom. The number of nitrogens with one attached hydrogen (secondary N) is 1. The van der Waals surface area contributed by atoms with Crippen molar-refractivity contribution in [2.45, 2.75) is 19.5 Å². The molecule has 0 spiro atoms. The molecule has 37 heavy (non-hydrogen) atoms. The van der Waals surface area contributed by atoms with Crippen molar-refractivity contribution < 1.29 is 13.6 Å². The second kappa shape index (κ2) is 9.05. The summed E-state index contributed by atoms with van der Waals surface area (Å²) in [5.74, 6) is -0.0350. The minimum absolute atomic E-state index is 0.206.